The molecule has 28 unspecified atom stereocenters. The van der Waals surface area contributed by atoms with Crippen LogP contribution in [0.5, 0.6) is 0 Å². The average Bonchev–Trinajstić information content (AvgIpc) is 3.65. The van der Waals surface area contributed by atoms with E-state index in [1.54, 1.807) is 0 Å². The molecule has 4 saturated carbocycles. The SMILES string of the molecule is CC1OC(OCC2OC(OC3CC4C(O)CC(OC5OC(COC(=O)C6CCC(OC7OC(COC(=O)C8CCC(O)CC8)C(O)C(O)C7O)CC6)C(O)C(O)C5O)CC4OC3C3CC(O)C(O)C(O)C3)C(O)C(O)C2O)C(O)C(O)C1O. The summed E-state index contributed by atoms with van der Waals surface area (Å²) in [7, 11) is 0. The number of aliphatic hydroxyl groups excluding tert-OH is 17. The third kappa shape index (κ3) is 14.8. The van der Waals surface area contributed by atoms with Gasteiger partial charge < -0.3 is 139 Å². The lowest BCUT2D eigenvalue weighted by Crippen LogP contribution is -2.63. The smallest absolute Gasteiger partial charge is 0.309 e. The predicted octanol–water partition coefficient (Wildman–Crippen LogP) is -7.34. The van der Waals surface area contributed by atoms with E-state index in [-0.39, 0.29) is 57.8 Å². The van der Waals surface area contributed by atoms with Gasteiger partial charge in [0, 0.05) is 18.8 Å². The number of hydrogen-bond donors (Lipinski definition) is 17. The van der Waals surface area contributed by atoms with E-state index in [1.165, 1.54) is 6.92 Å². The molecule has 9 rings (SSSR count). The quantitative estimate of drug-likeness (QED) is 0.0639. The maximum absolute atomic E-state index is 13.4. The molecule has 9 aliphatic rings. The lowest BCUT2D eigenvalue weighted by atomic mass is 9.72. The van der Waals surface area contributed by atoms with Crippen molar-refractivity contribution in [3.05, 3.63) is 0 Å². The van der Waals surface area contributed by atoms with Gasteiger partial charge in [0.2, 0.25) is 0 Å². The highest BCUT2D eigenvalue weighted by Crippen LogP contribution is 2.45. The van der Waals surface area contributed by atoms with Crippen molar-refractivity contribution in [1.29, 1.82) is 0 Å². The minimum Gasteiger partial charge on any atom is -0.463 e. The Kier molecular flexibility index (Phi) is 22.2. The molecule has 30 heteroatoms. The second-order valence-corrected chi connectivity index (χ2v) is 24.3. The van der Waals surface area contributed by atoms with Gasteiger partial charge in [-0.25, -0.2) is 0 Å². The molecule has 28 atom stereocenters. The van der Waals surface area contributed by atoms with Crippen LogP contribution >= 0.6 is 0 Å². The van der Waals surface area contributed by atoms with Crippen molar-refractivity contribution >= 4 is 11.9 Å². The van der Waals surface area contributed by atoms with Crippen LogP contribution in [0.25, 0.3) is 0 Å². The second kappa shape index (κ2) is 28.2. The van der Waals surface area contributed by atoms with Gasteiger partial charge in [0.25, 0.3) is 0 Å². The van der Waals surface area contributed by atoms with Crippen molar-refractivity contribution in [3.63, 3.8) is 0 Å². The Labute approximate surface area is 477 Å². The van der Waals surface area contributed by atoms with Crippen LogP contribution in [0.3, 0.4) is 0 Å². The second-order valence-electron chi connectivity index (χ2n) is 24.3. The first-order valence-electron chi connectivity index (χ1n) is 29.1. The van der Waals surface area contributed by atoms with Crippen LogP contribution in [0.1, 0.15) is 90.4 Å². The zero-order chi connectivity index (χ0) is 59.9. The molecule has 0 aromatic carbocycles. The summed E-state index contributed by atoms with van der Waals surface area (Å²) in [6, 6.07) is 0. The molecule has 478 valence electrons. The third-order valence-electron chi connectivity index (χ3n) is 18.5. The number of rotatable bonds is 16. The molecule has 0 spiro atoms. The number of esters is 2. The molecule has 17 N–H and O–H groups in total. The van der Waals surface area contributed by atoms with Crippen LogP contribution in [0.15, 0.2) is 0 Å². The molecule has 9 fully saturated rings. The minimum atomic E-state index is -1.88. The van der Waals surface area contributed by atoms with E-state index in [1.807, 2.05) is 0 Å². The number of carbonyl (C=O) groups excluding carboxylic acids is 2. The molecule has 30 nitrogen and oxygen atoms in total. The molecule has 5 saturated heterocycles. The van der Waals surface area contributed by atoms with Crippen molar-refractivity contribution in [3.8, 4) is 0 Å². The third-order valence-corrected chi connectivity index (χ3v) is 18.5. The Bertz CT molecular complexity index is 2060. The van der Waals surface area contributed by atoms with Gasteiger partial charge >= 0.3 is 11.9 Å². The molecule has 0 bridgehead atoms. The zero-order valence-corrected chi connectivity index (χ0v) is 45.9. The molecule has 0 radical (unpaired) electrons. The Hall–Kier alpha value is -2.10. The zero-order valence-electron chi connectivity index (χ0n) is 45.9. The summed E-state index contributed by atoms with van der Waals surface area (Å²) in [5.41, 5.74) is 0. The summed E-state index contributed by atoms with van der Waals surface area (Å²) < 4.78 is 64.8. The molecule has 0 aromatic heterocycles. The maximum atomic E-state index is 13.4. The van der Waals surface area contributed by atoms with Gasteiger partial charge in [-0.2, -0.15) is 0 Å². The molecular formula is C53H86O30. The van der Waals surface area contributed by atoms with Crippen LogP contribution in [-0.2, 0) is 61.7 Å². The summed E-state index contributed by atoms with van der Waals surface area (Å²) in [6.45, 7) is -0.147. The Morgan fingerprint density at radius 1 is 0.398 bits per heavy atom. The van der Waals surface area contributed by atoms with Crippen molar-refractivity contribution in [2.75, 3.05) is 19.8 Å². The van der Waals surface area contributed by atoms with Gasteiger partial charge in [0.1, 0.15) is 111 Å². The van der Waals surface area contributed by atoms with Crippen LogP contribution in [0, 0.1) is 23.7 Å². The van der Waals surface area contributed by atoms with Crippen molar-refractivity contribution in [2.45, 2.75) is 274 Å². The van der Waals surface area contributed by atoms with E-state index >= 15 is 0 Å². The van der Waals surface area contributed by atoms with E-state index in [2.05, 4.69) is 0 Å². The maximum Gasteiger partial charge on any atom is 0.309 e. The van der Waals surface area contributed by atoms with Gasteiger partial charge in [-0.15, -0.1) is 0 Å². The van der Waals surface area contributed by atoms with E-state index in [0.29, 0.717) is 25.7 Å². The molecule has 5 aliphatic heterocycles. The topological polar surface area (TPSA) is 480 Å². The largest absolute Gasteiger partial charge is 0.463 e. The van der Waals surface area contributed by atoms with E-state index in [4.69, 9.17) is 52.1 Å². The van der Waals surface area contributed by atoms with Crippen molar-refractivity contribution < 1.29 is 149 Å². The summed E-state index contributed by atoms with van der Waals surface area (Å²) in [5.74, 6) is -3.75. The fourth-order valence-corrected chi connectivity index (χ4v) is 13.3. The summed E-state index contributed by atoms with van der Waals surface area (Å²) in [6.07, 6.45) is -40.0. The standard InChI is InChI=1S/C53H86O30/c1-18-34(58)39(63)43(67)50(76-18)75-17-33-38(62)42(66)46(70)53(83-33)80-30-14-25-26(55)12-24(13-29(25)79-47(30)21-10-27(56)35(59)28(57)11-21)78-52-45(69)41(65)37(61)32(82-52)16-74-49(72)20-4-8-23(9-5-20)77-51-44(68)40(64)36(60)31(81-51)15-73-48(71)19-2-6-22(54)7-3-19/h18-47,50-70H,2-17H2,1H3. The van der Waals surface area contributed by atoms with Gasteiger partial charge in [-0.1, -0.05) is 0 Å². The van der Waals surface area contributed by atoms with Crippen LogP contribution < -0.4 is 0 Å². The van der Waals surface area contributed by atoms with Crippen LogP contribution in [-0.4, -0.2) is 302 Å². The number of aliphatic hydroxyl groups is 17. The highest BCUT2D eigenvalue weighted by Gasteiger charge is 2.55. The van der Waals surface area contributed by atoms with E-state index in [0.717, 1.165) is 0 Å². The Morgan fingerprint density at radius 3 is 1.36 bits per heavy atom. The summed E-state index contributed by atoms with van der Waals surface area (Å²) in [5, 5.41) is 182. The number of ether oxygens (including phenoxy) is 11. The number of fused-ring (bicyclic) bond motifs is 1. The fourth-order valence-electron chi connectivity index (χ4n) is 13.3. The molecule has 5 heterocycles. The van der Waals surface area contributed by atoms with E-state index in [9.17, 15) is 96.4 Å². The average molecular weight is 1200 g/mol. The molecule has 4 aliphatic carbocycles. The van der Waals surface area contributed by atoms with Crippen molar-refractivity contribution in [2.24, 2.45) is 23.7 Å². The fraction of sp³-hybridized carbons (Fsp3) is 0.962. The van der Waals surface area contributed by atoms with Crippen LogP contribution in [0.4, 0.5) is 0 Å². The molecule has 0 amide bonds. The molecular weight excluding hydrogens is 1120 g/mol. The van der Waals surface area contributed by atoms with Gasteiger partial charge in [-0.05, 0) is 83.5 Å². The first kappa shape index (κ1) is 65.3. The highest BCUT2D eigenvalue weighted by atomic mass is 16.7. The predicted molar refractivity (Wildman–Crippen MR) is 268 cm³/mol. The molecule has 83 heavy (non-hydrogen) atoms. The first-order chi connectivity index (χ1) is 39.4. The van der Waals surface area contributed by atoms with E-state index < -0.39 is 239 Å². The van der Waals surface area contributed by atoms with Crippen molar-refractivity contribution in [1.82, 2.24) is 0 Å². The lowest BCUT2D eigenvalue weighted by molar-refractivity contribution is -0.348. The van der Waals surface area contributed by atoms with Gasteiger partial charge in [0.05, 0.1) is 79.5 Å². The monoisotopic (exact) mass is 1200 g/mol. The highest BCUT2D eigenvalue weighted by molar-refractivity contribution is 5.73. The lowest BCUT2D eigenvalue weighted by Gasteiger charge is -2.52. The van der Waals surface area contributed by atoms with Gasteiger partial charge in [0.15, 0.2) is 25.2 Å². The number of carbonyl (C=O) groups is 2. The summed E-state index contributed by atoms with van der Waals surface area (Å²) >= 11 is 0. The summed E-state index contributed by atoms with van der Waals surface area (Å²) in [4.78, 5) is 26.1. The minimum absolute atomic E-state index is 0.0150. The first-order valence-corrected chi connectivity index (χ1v) is 29.1. The Balaban J connectivity index is 0.771. The molecule has 0 aromatic rings. The Morgan fingerprint density at radius 2 is 0.843 bits per heavy atom. The number of hydrogen-bond acceptors (Lipinski definition) is 30. The van der Waals surface area contributed by atoms with Gasteiger partial charge in [-0.3, -0.25) is 9.59 Å². The van der Waals surface area contributed by atoms with Crippen LogP contribution in [0.2, 0.25) is 0 Å². The normalized spacial score (nSPS) is 51.8.